The van der Waals surface area contributed by atoms with Gasteiger partial charge in [0.05, 0.1) is 27.7 Å². The average Bonchev–Trinajstić information content (AvgIpc) is 2.77. The van der Waals surface area contributed by atoms with Crippen molar-refractivity contribution in [2.75, 3.05) is 26.2 Å². The Morgan fingerprint density at radius 1 is 0.848 bits per heavy atom. The van der Waals surface area contributed by atoms with Gasteiger partial charge in [0.2, 0.25) is 10.0 Å². The number of amides is 1. The molecular formula is C20H15F6N3O3S. The van der Waals surface area contributed by atoms with Crippen molar-refractivity contribution < 1.29 is 39.6 Å². The lowest BCUT2D eigenvalue weighted by molar-refractivity contribution is -0.143. The maximum atomic E-state index is 13.0. The highest BCUT2D eigenvalue weighted by molar-refractivity contribution is 7.89. The number of piperazine rings is 1. The summed E-state index contributed by atoms with van der Waals surface area (Å²) in [6.45, 7) is -0.879. The van der Waals surface area contributed by atoms with Crippen LogP contribution in [0.3, 0.4) is 0 Å². The van der Waals surface area contributed by atoms with E-state index in [0.29, 0.717) is 12.1 Å². The first-order valence-electron chi connectivity index (χ1n) is 9.32. The molecule has 1 aliphatic heterocycles. The molecule has 3 rings (SSSR count). The topological polar surface area (TPSA) is 81.5 Å². The lowest BCUT2D eigenvalue weighted by Crippen LogP contribution is -2.50. The predicted octanol–water partition coefficient (Wildman–Crippen LogP) is 3.74. The Bertz CT molecular complexity index is 1160. The normalized spacial score (nSPS) is 15.8. The van der Waals surface area contributed by atoms with Crippen LogP contribution in [0.2, 0.25) is 0 Å². The monoisotopic (exact) mass is 491 g/mol. The van der Waals surface area contributed by atoms with Gasteiger partial charge in [0.15, 0.2) is 0 Å². The summed E-state index contributed by atoms with van der Waals surface area (Å²) in [5, 5.41) is 8.81. The van der Waals surface area contributed by atoms with E-state index in [1.54, 1.807) is 0 Å². The number of nitrogens with zero attached hydrogens (tertiary/aromatic N) is 3. The van der Waals surface area contributed by atoms with Gasteiger partial charge in [0.1, 0.15) is 0 Å². The number of carbonyl (C=O) groups is 1. The van der Waals surface area contributed by atoms with E-state index in [1.807, 2.05) is 6.07 Å². The maximum absolute atomic E-state index is 13.0. The van der Waals surface area contributed by atoms with Crippen LogP contribution in [0.25, 0.3) is 0 Å². The lowest BCUT2D eigenvalue weighted by atomic mass is 10.0. The zero-order chi connectivity index (χ0) is 24.6. The third-order valence-corrected chi connectivity index (χ3v) is 6.89. The Balaban J connectivity index is 1.79. The van der Waals surface area contributed by atoms with Crippen LogP contribution in [0, 0.1) is 11.3 Å². The van der Waals surface area contributed by atoms with Gasteiger partial charge in [-0.2, -0.15) is 35.9 Å². The number of hydrogen-bond acceptors (Lipinski definition) is 4. The molecule has 0 radical (unpaired) electrons. The molecule has 0 spiro atoms. The zero-order valence-corrected chi connectivity index (χ0v) is 17.4. The summed E-state index contributed by atoms with van der Waals surface area (Å²) >= 11 is 0. The highest BCUT2D eigenvalue weighted by atomic mass is 32.2. The zero-order valence-electron chi connectivity index (χ0n) is 16.6. The van der Waals surface area contributed by atoms with Crippen LogP contribution in [0.1, 0.15) is 27.0 Å². The highest BCUT2D eigenvalue weighted by Crippen LogP contribution is 2.36. The maximum Gasteiger partial charge on any atom is 0.416 e. The number of benzene rings is 2. The molecule has 176 valence electrons. The largest absolute Gasteiger partial charge is 0.416 e. The van der Waals surface area contributed by atoms with Gasteiger partial charge in [-0.3, -0.25) is 4.79 Å². The van der Waals surface area contributed by atoms with Crippen LogP contribution in [0.15, 0.2) is 47.4 Å². The summed E-state index contributed by atoms with van der Waals surface area (Å²) < 4.78 is 105. The highest BCUT2D eigenvalue weighted by Gasteiger charge is 2.38. The predicted molar refractivity (Wildman–Crippen MR) is 102 cm³/mol. The van der Waals surface area contributed by atoms with Gasteiger partial charge in [-0.1, -0.05) is 0 Å². The average molecular weight is 491 g/mol. The molecule has 1 fully saturated rings. The molecule has 2 aromatic rings. The van der Waals surface area contributed by atoms with Crippen molar-refractivity contribution in [1.82, 2.24) is 9.21 Å². The number of halogens is 6. The van der Waals surface area contributed by atoms with E-state index in [4.69, 9.17) is 5.26 Å². The van der Waals surface area contributed by atoms with E-state index >= 15 is 0 Å². The molecule has 0 aromatic heterocycles. The van der Waals surface area contributed by atoms with Crippen molar-refractivity contribution in [3.05, 3.63) is 64.7 Å². The second-order valence-electron chi connectivity index (χ2n) is 7.13. The van der Waals surface area contributed by atoms with Crippen LogP contribution in [-0.4, -0.2) is 49.7 Å². The van der Waals surface area contributed by atoms with Gasteiger partial charge >= 0.3 is 12.4 Å². The van der Waals surface area contributed by atoms with Gasteiger partial charge in [-0.05, 0) is 42.5 Å². The molecule has 0 N–H and O–H groups in total. The van der Waals surface area contributed by atoms with Crippen LogP contribution in [0.4, 0.5) is 26.3 Å². The number of rotatable bonds is 3. The quantitative estimate of drug-likeness (QED) is 0.613. The second-order valence-corrected chi connectivity index (χ2v) is 9.06. The van der Waals surface area contributed by atoms with Crippen molar-refractivity contribution in [2.45, 2.75) is 17.2 Å². The number of hydrogen-bond donors (Lipinski definition) is 0. The molecule has 0 saturated carbocycles. The Morgan fingerprint density at radius 3 is 1.76 bits per heavy atom. The smallest absolute Gasteiger partial charge is 0.336 e. The Labute approximate surface area is 184 Å². The molecule has 2 aromatic carbocycles. The molecule has 0 aliphatic carbocycles. The molecule has 13 heteroatoms. The van der Waals surface area contributed by atoms with Crippen molar-refractivity contribution in [3.63, 3.8) is 0 Å². The molecule has 33 heavy (non-hydrogen) atoms. The summed E-state index contributed by atoms with van der Waals surface area (Å²) in [5.74, 6) is -1.07. The second kappa shape index (κ2) is 8.68. The van der Waals surface area contributed by atoms with Crippen LogP contribution >= 0.6 is 0 Å². The molecule has 6 nitrogen and oxygen atoms in total. The van der Waals surface area contributed by atoms with Gasteiger partial charge in [-0.15, -0.1) is 0 Å². The minimum atomic E-state index is -5.09. The van der Waals surface area contributed by atoms with Crippen molar-refractivity contribution in [1.29, 1.82) is 5.26 Å². The number of nitriles is 1. The van der Waals surface area contributed by atoms with Gasteiger partial charge in [-0.25, -0.2) is 8.42 Å². The minimum Gasteiger partial charge on any atom is -0.336 e. The van der Waals surface area contributed by atoms with E-state index in [0.717, 1.165) is 9.21 Å². The van der Waals surface area contributed by atoms with Gasteiger partial charge in [0, 0.05) is 31.7 Å². The Morgan fingerprint density at radius 2 is 1.33 bits per heavy atom. The summed E-state index contributed by atoms with van der Waals surface area (Å²) in [6, 6.07) is 7.59. The van der Waals surface area contributed by atoms with Crippen LogP contribution in [-0.2, 0) is 22.4 Å². The standard InChI is InChI=1S/C20H15F6N3O3S/c21-19(22,23)15-9-14(10-16(11-15)20(24,25)26)18(30)28-5-7-29(8-6-28)33(31,32)17-3-1-13(12-27)2-4-17/h1-4,9-11H,5-8H2. The van der Waals surface area contributed by atoms with Crippen molar-refractivity contribution in [2.24, 2.45) is 0 Å². The Kier molecular flexibility index (Phi) is 6.45. The molecule has 1 heterocycles. The van der Waals surface area contributed by atoms with E-state index in [9.17, 15) is 39.6 Å². The molecule has 1 aliphatic rings. The fourth-order valence-electron chi connectivity index (χ4n) is 3.24. The summed E-state index contributed by atoms with van der Waals surface area (Å²) in [6.07, 6.45) is -10.2. The SMILES string of the molecule is N#Cc1ccc(S(=O)(=O)N2CCN(C(=O)c3cc(C(F)(F)F)cc(C(F)(F)F)c3)CC2)cc1. The molecule has 0 unspecified atom stereocenters. The fraction of sp³-hybridized carbons (Fsp3) is 0.300. The minimum absolute atomic E-state index is 0.0706. The molecular weight excluding hydrogens is 476 g/mol. The number of sulfonamides is 1. The third kappa shape index (κ3) is 5.28. The number of carbonyl (C=O) groups excluding carboxylic acids is 1. The summed E-state index contributed by atoms with van der Waals surface area (Å²) in [5.41, 5.74) is -3.75. The van der Waals surface area contributed by atoms with Crippen LogP contribution in [0.5, 0.6) is 0 Å². The van der Waals surface area contributed by atoms with Crippen molar-refractivity contribution in [3.8, 4) is 6.07 Å². The van der Waals surface area contributed by atoms with Gasteiger partial charge in [0.25, 0.3) is 5.91 Å². The first-order chi connectivity index (χ1) is 15.2. The fourth-order valence-corrected chi connectivity index (χ4v) is 4.67. The lowest BCUT2D eigenvalue weighted by Gasteiger charge is -2.34. The molecule has 1 amide bonds. The van der Waals surface area contributed by atoms with E-state index in [-0.39, 0.29) is 42.7 Å². The number of alkyl halides is 6. The first kappa shape index (κ1) is 24.5. The summed E-state index contributed by atoms with van der Waals surface area (Å²) in [7, 11) is -3.96. The summed E-state index contributed by atoms with van der Waals surface area (Å²) in [4.78, 5) is 13.6. The molecule has 0 atom stereocenters. The molecule has 1 saturated heterocycles. The first-order valence-corrected chi connectivity index (χ1v) is 10.8. The molecule has 0 bridgehead atoms. The van der Waals surface area contributed by atoms with E-state index < -0.39 is 45.0 Å². The third-order valence-electron chi connectivity index (χ3n) is 4.98. The van der Waals surface area contributed by atoms with E-state index in [2.05, 4.69) is 0 Å². The van der Waals surface area contributed by atoms with E-state index in [1.165, 1.54) is 24.3 Å². The Hall–Kier alpha value is -3.11. The van der Waals surface area contributed by atoms with Crippen molar-refractivity contribution >= 4 is 15.9 Å². The van der Waals surface area contributed by atoms with Gasteiger partial charge < -0.3 is 4.90 Å². The van der Waals surface area contributed by atoms with Crippen LogP contribution < -0.4 is 0 Å².